The second-order valence-electron chi connectivity index (χ2n) is 7.69. The lowest BCUT2D eigenvalue weighted by atomic mass is 9.96. The highest BCUT2D eigenvalue weighted by atomic mass is 32.2. The van der Waals surface area contributed by atoms with Gasteiger partial charge < -0.3 is 0 Å². The molecule has 32 heavy (non-hydrogen) atoms. The molecule has 1 heterocycles. The van der Waals surface area contributed by atoms with E-state index in [4.69, 9.17) is 0 Å². The highest BCUT2D eigenvalue weighted by Crippen LogP contribution is 2.32. The fraction of sp³-hybridized carbons (Fsp3) is 0.250. The molecule has 0 radical (unpaired) electrons. The lowest BCUT2D eigenvalue weighted by molar-refractivity contribution is -0.137. The number of hydrogen-bond acceptors (Lipinski definition) is 3. The van der Waals surface area contributed by atoms with E-state index in [2.05, 4.69) is 29.2 Å². The summed E-state index contributed by atoms with van der Waals surface area (Å²) in [5, 5.41) is 0. The van der Waals surface area contributed by atoms with Crippen molar-refractivity contribution >= 4 is 10.0 Å². The molecule has 4 rings (SSSR count). The zero-order valence-corrected chi connectivity index (χ0v) is 18.1. The summed E-state index contributed by atoms with van der Waals surface area (Å²) in [5.41, 5.74) is 1.38. The van der Waals surface area contributed by atoms with E-state index in [9.17, 15) is 21.6 Å². The van der Waals surface area contributed by atoms with Gasteiger partial charge in [-0.05, 0) is 35.4 Å². The number of sulfonamides is 1. The van der Waals surface area contributed by atoms with E-state index in [0.29, 0.717) is 13.1 Å². The Labute approximate surface area is 186 Å². The maximum absolute atomic E-state index is 13.0. The molecule has 0 saturated carbocycles. The predicted molar refractivity (Wildman–Crippen MR) is 117 cm³/mol. The van der Waals surface area contributed by atoms with Crippen molar-refractivity contribution in [2.75, 3.05) is 26.2 Å². The van der Waals surface area contributed by atoms with Crippen molar-refractivity contribution in [1.29, 1.82) is 0 Å². The van der Waals surface area contributed by atoms with Crippen LogP contribution in [-0.2, 0) is 16.2 Å². The highest BCUT2D eigenvalue weighted by molar-refractivity contribution is 7.89. The van der Waals surface area contributed by atoms with E-state index in [1.165, 1.54) is 4.31 Å². The summed E-state index contributed by atoms with van der Waals surface area (Å²) in [5.74, 6) is 0. The van der Waals surface area contributed by atoms with Crippen molar-refractivity contribution in [1.82, 2.24) is 9.21 Å². The van der Waals surface area contributed by atoms with Gasteiger partial charge in [0.25, 0.3) is 0 Å². The normalized spacial score (nSPS) is 16.4. The van der Waals surface area contributed by atoms with E-state index >= 15 is 0 Å². The van der Waals surface area contributed by atoms with Crippen molar-refractivity contribution in [3.63, 3.8) is 0 Å². The third-order valence-electron chi connectivity index (χ3n) is 5.69. The standard InChI is InChI=1S/C24H23F3N2O2S/c25-24(26,27)21-11-13-22(14-12-21)32(30,31)29-17-15-28(16-18-29)23(19-7-3-1-4-8-19)20-9-5-2-6-10-20/h1-14,23H,15-18H2. The first-order valence-electron chi connectivity index (χ1n) is 10.3. The minimum Gasteiger partial charge on any atom is -0.290 e. The van der Waals surface area contributed by atoms with Crippen LogP contribution in [0.3, 0.4) is 0 Å². The summed E-state index contributed by atoms with van der Waals surface area (Å²) in [6.07, 6.45) is -4.50. The summed E-state index contributed by atoms with van der Waals surface area (Å²) in [6.45, 7) is 1.54. The number of halogens is 3. The number of piperazine rings is 1. The predicted octanol–water partition coefficient (Wildman–Crippen LogP) is 4.80. The Balaban J connectivity index is 1.52. The Morgan fingerprint density at radius 2 is 1.16 bits per heavy atom. The third kappa shape index (κ3) is 4.72. The summed E-state index contributed by atoms with van der Waals surface area (Å²) in [7, 11) is -3.86. The molecular weight excluding hydrogens is 437 g/mol. The first-order valence-corrected chi connectivity index (χ1v) is 11.7. The Kier molecular flexibility index (Phi) is 6.37. The van der Waals surface area contributed by atoms with Crippen molar-refractivity contribution in [3.8, 4) is 0 Å². The summed E-state index contributed by atoms with van der Waals surface area (Å²) in [4.78, 5) is 2.12. The highest BCUT2D eigenvalue weighted by Gasteiger charge is 2.34. The quantitative estimate of drug-likeness (QED) is 0.549. The van der Waals surface area contributed by atoms with Gasteiger partial charge in [0, 0.05) is 26.2 Å². The molecule has 0 aromatic heterocycles. The monoisotopic (exact) mass is 460 g/mol. The first-order chi connectivity index (χ1) is 15.3. The van der Waals surface area contributed by atoms with E-state index in [1.54, 1.807) is 0 Å². The number of nitrogens with zero attached hydrogens (tertiary/aromatic N) is 2. The molecular formula is C24H23F3N2O2S. The van der Waals surface area contributed by atoms with Crippen LogP contribution >= 0.6 is 0 Å². The third-order valence-corrected chi connectivity index (χ3v) is 7.60. The van der Waals surface area contributed by atoms with Crippen LogP contribution in [0.25, 0.3) is 0 Å². The fourth-order valence-electron chi connectivity index (χ4n) is 4.05. The average Bonchev–Trinajstić information content (AvgIpc) is 2.81. The van der Waals surface area contributed by atoms with Gasteiger partial charge in [-0.3, -0.25) is 4.90 Å². The molecule has 1 aliphatic heterocycles. The van der Waals surface area contributed by atoms with Crippen molar-refractivity contribution < 1.29 is 21.6 Å². The van der Waals surface area contributed by atoms with Crippen molar-refractivity contribution in [2.45, 2.75) is 17.1 Å². The fourth-order valence-corrected chi connectivity index (χ4v) is 5.47. The minimum absolute atomic E-state index is 0.00618. The van der Waals surface area contributed by atoms with Crippen LogP contribution in [0, 0.1) is 0 Å². The topological polar surface area (TPSA) is 40.6 Å². The van der Waals surface area contributed by atoms with Crippen LogP contribution in [0.4, 0.5) is 13.2 Å². The van der Waals surface area contributed by atoms with Gasteiger partial charge in [-0.1, -0.05) is 60.7 Å². The molecule has 168 valence electrons. The van der Waals surface area contributed by atoms with Crippen LogP contribution in [0.5, 0.6) is 0 Å². The molecule has 0 N–H and O–H groups in total. The molecule has 0 atom stereocenters. The Morgan fingerprint density at radius 3 is 1.59 bits per heavy atom. The van der Waals surface area contributed by atoms with Crippen LogP contribution in [-0.4, -0.2) is 43.8 Å². The molecule has 1 saturated heterocycles. The van der Waals surface area contributed by atoms with Crippen LogP contribution in [0.2, 0.25) is 0 Å². The van der Waals surface area contributed by atoms with Gasteiger partial charge in [0.05, 0.1) is 16.5 Å². The van der Waals surface area contributed by atoms with E-state index < -0.39 is 21.8 Å². The molecule has 3 aromatic carbocycles. The van der Waals surface area contributed by atoms with Crippen molar-refractivity contribution in [3.05, 3.63) is 102 Å². The Hall–Kier alpha value is -2.68. The largest absolute Gasteiger partial charge is 0.416 e. The van der Waals surface area contributed by atoms with Crippen LogP contribution < -0.4 is 0 Å². The molecule has 1 aliphatic rings. The second kappa shape index (κ2) is 9.05. The van der Waals surface area contributed by atoms with Gasteiger partial charge >= 0.3 is 6.18 Å². The van der Waals surface area contributed by atoms with Crippen LogP contribution in [0.1, 0.15) is 22.7 Å². The summed E-state index contributed by atoms with van der Waals surface area (Å²) in [6, 6.07) is 23.8. The summed E-state index contributed by atoms with van der Waals surface area (Å²) >= 11 is 0. The molecule has 0 aliphatic carbocycles. The van der Waals surface area contributed by atoms with Gasteiger partial charge in [0.2, 0.25) is 10.0 Å². The molecule has 1 fully saturated rings. The number of hydrogen-bond donors (Lipinski definition) is 0. The maximum Gasteiger partial charge on any atom is 0.416 e. The molecule has 0 bridgehead atoms. The zero-order chi connectivity index (χ0) is 22.8. The second-order valence-corrected chi connectivity index (χ2v) is 9.62. The number of benzene rings is 3. The molecule has 0 spiro atoms. The van der Waals surface area contributed by atoms with Gasteiger partial charge in [0.1, 0.15) is 0 Å². The Morgan fingerprint density at radius 1 is 0.688 bits per heavy atom. The lowest BCUT2D eigenvalue weighted by Gasteiger charge is -2.39. The smallest absolute Gasteiger partial charge is 0.290 e. The van der Waals surface area contributed by atoms with Crippen LogP contribution in [0.15, 0.2) is 89.8 Å². The number of rotatable bonds is 5. The SMILES string of the molecule is O=S(=O)(c1ccc(C(F)(F)F)cc1)N1CCN(C(c2ccccc2)c2ccccc2)CC1. The van der Waals surface area contributed by atoms with E-state index in [-0.39, 0.29) is 24.0 Å². The summed E-state index contributed by atoms with van der Waals surface area (Å²) < 4.78 is 65.7. The van der Waals surface area contributed by atoms with E-state index in [0.717, 1.165) is 35.4 Å². The molecule has 3 aromatic rings. The van der Waals surface area contributed by atoms with Gasteiger partial charge in [0.15, 0.2) is 0 Å². The minimum atomic E-state index is -4.50. The first kappa shape index (κ1) is 22.5. The zero-order valence-electron chi connectivity index (χ0n) is 17.2. The molecule has 0 amide bonds. The maximum atomic E-state index is 13.0. The van der Waals surface area contributed by atoms with Gasteiger partial charge in [-0.2, -0.15) is 17.5 Å². The van der Waals surface area contributed by atoms with Crippen molar-refractivity contribution in [2.24, 2.45) is 0 Å². The average molecular weight is 461 g/mol. The Bertz CT molecular complexity index is 1090. The lowest BCUT2D eigenvalue weighted by Crippen LogP contribution is -2.49. The molecule has 8 heteroatoms. The molecule has 4 nitrogen and oxygen atoms in total. The van der Waals surface area contributed by atoms with E-state index in [1.807, 2.05) is 36.4 Å². The molecule has 0 unspecified atom stereocenters. The van der Waals surface area contributed by atoms with Gasteiger partial charge in [-0.15, -0.1) is 0 Å². The number of alkyl halides is 3. The van der Waals surface area contributed by atoms with Gasteiger partial charge in [-0.25, -0.2) is 8.42 Å².